The third kappa shape index (κ3) is 3.93. The Morgan fingerprint density at radius 1 is 1.43 bits per heavy atom. The van der Waals surface area contributed by atoms with Gasteiger partial charge in [0.25, 0.3) is 0 Å². The van der Waals surface area contributed by atoms with Crippen molar-refractivity contribution in [3.8, 4) is 11.8 Å². The zero-order chi connectivity index (χ0) is 14.8. The van der Waals surface area contributed by atoms with Crippen LogP contribution in [0.1, 0.15) is 24.1 Å². The molecule has 4 nitrogen and oxygen atoms in total. The number of nitrogens with one attached hydrogen (secondary N) is 1. The lowest BCUT2D eigenvalue weighted by molar-refractivity contribution is 0.439. The molecule has 2 aromatic rings. The van der Waals surface area contributed by atoms with Crippen molar-refractivity contribution >= 4 is 27.5 Å². The van der Waals surface area contributed by atoms with Crippen LogP contribution in [0.25, 0.3) is 0 Å². The maximum Gasteiger partial charge on any atom is 0.322 e. The fraction of sp³-hybridized carbons (Fsp3) is 0.333. The lowest BCUT2D eigenvalue weighted by Crippen LogP contribution is -2.16. The summed E-state index contributed by atoms with van der Waals surface area (Å²) in [5, 5.41) is 3.97. The van der Waals surface area contributed by atoms with Gasteiger partial charge in [-0.15, -0.1) is 0 Å². The molecule has 21 heavy (non-hydrogen) atoms. The van der Waals surface area contributed by atoms with Gasteiger partial charge in [0.15, 0.2) is 0 Å². The molecule has 1 aliphatic carbocycles. The Kier molecular flexibility index (Phi) is 4.42. The van der Waals surface area contributed by atoms with Gasteiger partial charge < -0.3 is 10.1 Å². The minimum absolute atomic E-state index is 0.312. The lowest BCUT2D eigenvalue weighted by atomic mass is 10.2. The highest BCUT2D eigenvalue weighted by Gasteiger charge is 2.20. The molecule has 1 fully saturated rings. The van der Waals surface area contributed by atoms with Gasteiger partial charge in [-0.05, 0) is 38.0 Å². The minimum Gasteiger partial charge on any atom is -0.423 e. The molecule has 0 aliphatic heterocycles. The Balaban J connectivity index is 1.71. The molecule has 0 bridgehead atoms. The molecular formula is C15H15BrClN3O. The standard InChI is InChI=1S/C15H15BrClN3O/c1-9-10(7-18-12-3-4-12)8-19-15(20-9)21-14-5-2-11(16)6-13(14)17/h2,5-6,8,12,18H,3-4,7H2,1H3. The van der Waals surface area contributed by atoms with E-state index in [0.717, 1.165) is 22.3 Å². The van der Waals surface area contributed by atoms with Crippen molar-refractivity contribution in [2.45, 2.75) is 32.4 Å². The second-order valence-corrected chi connectivity index (χ2v) is 6.42. The Labute approximate surface area is 137 Å². The smallest absolute Gasteiger partial charge is 0.322 e. The fourth-order valence-electron chi connectivity index (χ4n) is 1.89. The molecule has 0 atom stereocenters. The monoisotopic (exact) mass is 367 g/mol. The van der Waals surface area contributed by atoms with Crippen LogP contribution in [0.5, 0.6) is 11.8 Å². The Morgan fingerprint density at radius 2 is 2.24 bits per heavy atom. The van der Waals surface area contributed by atoms with Crippen molar-refractivity contribution in [3.05, 3.63) is 45.1 Å². The van der Waals surface area contributed by atoms with Gasteiger partial charge in [-0.1, -0.05) is 27.5 Å². The first-order valence-electron chi connectivity index (χ1n) is 6.80. The van der Waals surface area contributed by atoms with Gasteiger partial charge in [0.1, 0.15) is 5.75 Å². The van der Waals surface area contributed by atoms with Crippen LogP contribution in [0.3, 0.4) is 0 Å². The summed E-state index contributed by atoms with van der Waals surface area (Å²) >= 11 is 9.48. The summed E-state index contributed by atoms with van der Waals surface area (Å²) in [6.45, 7) is 2.76. The number of hydrogen-bond donors (Lipinski definition) is 1. The number of halogens is 2. The molecular weight excluding hydrogens is 354 g/mol. The molecule has 110 valence electrons. The number of benzene rings is 1. The van der Waals surface area contributed by atoms with Crippen LogP contribution >= 0.6 is 27.5 Å². The topological polar surface area (TPSA) is 47.0 Å². The molecule has 0 spiro atoms. The summed E-state index contributed by atoms with van der Waals surface area (Å²) < 4.78 is 6.54. The maximum absolute atomic E-state index is 6.12. The van der Waals surface area contributed by atoms with Crippen LogP contribution in [0.15, 0.2) is 28.9 Å². The van der Waals surface area contributed by atoms with E-state index in [1.165, 1.54) is 12.8 Å². The summed E-state index contributed by atoms with van der Waals surface area (Å²) in [6.07, 6.45) is 4.34. The minimum atomic E-state index is 0.312. The third-order valence-electron chi connectivity index (χ3n) is 3.31. The van der Waals surface area contributed by atoms with Gasteiger partial charge in [-0.3, -0.25) is 0 Å². The number of hydrogen-bond acceptors (Lipinski definition) is 4. The van der Waals surface area contributed by atoms with E-state index in [2.05, 4.69) is 31.2 Å². The maximum atomic E-state index is 6.12. The molecule has 1 aromatic carbocycles. The molecule has 3 rings (SSSR count). The van der Waals surface area contributed by atoms with Crippen molar-refractivity contribution in [3.63, 3.8) is 0 Å². The van der Waals surface area contributed by atoms with E-state index in [1.54, 1.807) is 18.3 Å². The molecule has 1 heterocycles. The number of ether oxygens (including phenoxy) is 1. The average Bonchev–Trinajstić information content (AvgIpc) is 3.25. The van der Waals surface area contributed by atoms with Crippen LogP contribution in [-0.4, -0.2) is 16.0 Å². The van der Waals surface area contributed by atoms with E-state index in [0.29, 0.717) is 22.8 Å². The predicted molar refractivity (Wildman–Crippen MR) is 85.9 cm³/mol. The lowest BCUT2D eigenvalue weighted by Gasteiger charge is -2.09. The van der Waals surface area contributed by atoms with Crippen molar-refractivity contribution in [1.82, 2.24) is 15.3 Å². The Hall–Kier alpha value is -1.17. The van der Waals surface area contributed by atoms with E-state index < -0.39 is 0 Å². The highest BCUT2D eigenvalue weighted by Crippen LogP contribution is 2.30. The molecule has 6 heteroatoms. The summed E-state index contributed by atoms with van der Waals surface area (Å²) in [5.74, 6) is 0.545. The fourth-order valence-corrected chi connectivity index (χ4v) is 2.60. The van der Waals surface area contributed by atoms with E-state index in [1.807, 2.05) is 13.0 Å². The number of aromatic nitrogens is 2. The molecule has 0 amide bonds. The van der Waals surface area contributed by atoms with Crippen LogP contribution < -0.4 is 10.1 Å². The Morgan fingerprint density at radius 3 is 2.90 bits per heavy atom. The van der Waals surface area contributed by atoms with E-state index in [9.17, 15) is 0 Å². The first-order chi connectivity index (χ1) is 10.1. The summed E-state index contributed by atoms with van der Waals surface area (Å²) in [7, 11) is 0. The molecule has 1 N–H and O–H groups in total. The molecule has 0 unspecified atom stereocenters. The zero-order valence-electron chi connectivity index (χ0n) is 11.6. The number of aryl methyl sites for hydroxylation is 1. The van der Waals surface area contributed by atoms with Crippen LogP contribution in [0.4, 0.5) is 0 Å². The van der Waals surface area contributed by atoms with Crippen molar-refractivity contribution in [2.24, 2.45) is 0 Å². The summed E-state index contributed by atoms with van der Waals surface area (Å²) in [4.78, 5) is 8.64. The SMILES string of the molecule is Cc1nc(Oc2ccc(Br)cc2Cl)ncc1CNC1CC1. The molecule has 0 saturated heterocycles. The highest BCUT2D eigenvalue weighted by atomic mass is 79.9. The largest absolute Gasteiger partial charge is 0.423 e. The molecule has 0 radical (unpaired) electrons. The molecule has 1 aromatic heterocycles. The van der Waals surface area contributed by atoms with Gasteiger partial charge in [0, 0.05) is 34.5 Å². The van der Waals surface area contributed by atoms with Crippen LogP contribution in [0.2, 0.25) is 5.02 Å². The second kappa shape index (κ2) is 6.30. The quantitative estimate of drug-likeness (QED) is 0.857. The first-order valence-corrected chi connectivity index (χ1v) is 7.98. The van der Waals surface area contributed by atoms with Crippen molar-refractivity contribution in [2.75, 3.05) is 0 Å². The summed E-state index contributed by atoms with van der Waals surface area (Å²) in [5.41, 5.74) is 2.01. The van der Waals surface area contributed by atoms with E-state index >= 15 is 0 Å². The second-order valence-electron chi connectivity index (χ2n) is 5.10. The summed E-state index contributed by atoms with van der Waals surface area (Å²) in [6, 6.07) is 6.40. The first kappa shape index (κ1) is 14.8. The van der Waals surface area contributed by atoms with Gasteiger partial charge in [-0.25, -0.2) is 4.98 Å². The Bertz CT molecular complexity index is 661. The predicted octanol–water partition coefficient (Wildman–Crippen LogP) is 4.25. The van der Waals surface area contributed by atoms with Crippen molar-refractivity contribution in [1.29, 1.82) is 0 Å². The van der Waals surface area contributed by atoms with Crippen LogP contribution in [-0.2, 0) is 6.54 Å². The van der Waals surface area contributed by atoms with Crippen LogP contribution in [0, 0.1) is 6.92 Å². The van der Waals surface area contributed by atoms with E-state index in [4.69, 9.17) is 16.3 Å². The number of nitrogens with zero attached hydrogens (tertiary/aromatic N) is 2. The average molecular weight is 369 g/mol. The highest BCUT2D eigenvalue weighted by molar-refractivity contribution is 9.10. The molecule has 1 aliphatic rings. The normalized spacial score (nSPS) is 14.2. The van der Waals surface area contributed by atoms with Gasteiger partial charge in [0.05, 0.1) is 5.02 Å². The van der Waals surface area contributed by atoms with Gasteiger partial charge in [0.2, 0.25) is 0 Å². The van der Waals surface area contributed by atoms with Gasteiger partial charge in [-0.2, -0.15) is 4.98 Å². The third-order valence-corrected chi connectivity index (χ3v) is 4.10. The zero-order valence-corrected chi connectivity index (χ0v) is 13.9. The van der Waals surface area contributed by atoms with Gasteiger partial charge >= 0.3 is 6.01 Å². The number of rotatable bonds is 5. The molecule has 1 saturated carbocycles. The van der Waals surface area contributed by atoms with E-state index in [-0.39, 0.29) is 0 Å². The van der Waals surface area contributed by atoms with Crippen molar-refractivity contribution < 1.29 is 4.74 Å².